The Morgan fingerprint density at radius 3 is 2.95 bits per heavy atom. The number of nitrogens with zero attached hydrogens (tertiary/aromatic N) is 2. The summed E-state index contributed by atoms with van der Waals surface area (Å²) in [6, 6.07) is 2.54. The van der Waals surface area contributed by atoms with E-state index in [4.69, 9.17) is 4.74 Å². The molecule has 108 valence electrons. The van der Waals surface area contributed by atoms with Gasteiger partial charge in [0, 0.05) is 19.2 Å². The zero-order valence-electron chi connectivity index (χ0n) is 11.8. The summed E-state index contributed by atoms with van der Waals surface area (Å²) >= 11 is 1.65. The fourth-order valence-electron chi connectivity index (χ4n) is 2.45. The van der Waals surface area contributed by atoms with E-state index in [1.165, 1.54) is 0 Å². The Balaban J connectivity index is 1.75. The number of ether oxygens (including phenoxy) is 1. The lowest BCUT2D eigenvalue weighted by molar-refractivity contribution is 0.00295. The molecule has 5 nitrogen and oxygen atoms in total. The van der Waals surface area contributed by atoms with Crippen LogP contribution in [-0.2, 0) is 4.74 Å². The number of hydrogen-bond donors (Lipinski definition) is 2. The minimum atomic E-state index is 0.408. The highest BCUT2D eigenvalue weighted by atomic mass is 32.1. The minimum Gasteiger partial charge on any atom is -0.378 e. The number of rotatable bonds is 6. The fourth-order valence-corrected chi connectivity index (χ4v) is 3.22. The third kappa shape index (κ3) is 2.71. The Morgan fingerprint density at radius 1 is 1.35 bits per heavy atom. The number of nitrogens with one attached hydrogen (secondary N) is 2. The molecule has 1 aliphatic carbocycles. The van der Waals surface area contributed by atoms with Crippen LogP contribution in [0.4, 0.5) is 11.8 Å². The van der Waals surface area contributed by atoms with Crippen LogP contribution in [0.2, 0.25) is 0 Å². The third-order valence-electron chi connectivity index (χ3n) is 3.50. The van der Waals surface area contributed by atoms with Gasteiger partial charge < -0.3 is 15.4 Å². The minimum absolute atomic E-state index is 0.408. The summed E-state index contributed by atoms with van der Waals surface area (Å²) in [5.41, 5.74) is 0. The summed E-state index contributed by atoms with van der Waals surface area (Å²) < 4.78 is 5.60. The van der Waals surface area contributed by atoms with Crippen molar-refractivity contribution in [2.45, 2.75) is 38.8 Å². The lowest BCUT2D eigenvalue weighted by Crippen LogP contribution is -2.41. The third-order valence-corrected chi connectivity index (χ3v) is 4.30. The van der Waals surface area contributed by atoms with Gasteiger partial charge in [-0.15, -0.1) is 11.3 Å². The van der Waals surface area contributed by atoms with Crippen molar-refractivity contribution < 1.29 is 4.74 Å². The maximum Gasteiger partial charge on any atom is 0.226 e. The topological polar surface area (TPSA) is 59.1 Å². The Bertz CT molecular complexity index is 580. The first kappa shape index (κ1) is 13.6. The zero-order valence-corrected chi connectivity index (χ0v) is 12.7. The van der Waals surface area contributed by atoms with Crippen molar-refractivity contribution in [3.8, 4) is 0 Å². The lowest BCUT2D eigenvalue weighted by Gasteiger charge is -2.35. The first-order valence-electron chi connectivity index (χ1n) is 7.17. The van der Waals surface area contributed by atoms with Crippen molar-refractivity contribution in [2.24, 2.45) is 0 Å². The molecule has 0 unspecified atom stereocenters. The zero-order chi connectivity index (χ0) is 13.9. The van der Waals surface area contributed by atoms with Crippen LogP contribution < -0.4 is 10.6 Å². The average Bonchev–Trinajstić information content (AvgIpc) is 2.85. The van der Waals surface area contributed by atoms with Crippen LogP contribution in [0.5, 0.6) is 0 Å². The molecule has 1 aliphatic rings. The number of aromatic nitrogens is 2. The van der Waals surface area contributed by atoms with E-state index in [2.05, 4.69) is 32.0 Å². The van der Waals surface area contributed by atoms with E-state index in [1.54, 1.807) is 11.3 Å². The molecule has 6 heteroatoms. The second-order valence-corrected chi connectivity index (χ2v) is 5.85. The predicted molar refractivity (Wildman–Crippen MR) is 83.6 cm³/mol. The standard InChI is InChI=1S/C14H20N4OS/c1-3-15-14-17-12(11-5-6-20-13(11)18-14)16-9-7-10(8-9)19-4-2/h5-6,9-10H,3-4,7-8H2,1-2H3,(H2,15,16,17,18). The summed E-state index contributed by atoms with van der Waals surface area (Å²) in [5.74, 6) is 1.64. The molecule has 2 heterocycles. The first-order chi connectivity index (χ1) is 9.80. The molecular weight excluding hydrogens is 272 g/mol. The van der Waals surface area contributed by atoms with E-state index in [1.807, 2.05) is 13.8 Å². The fraction of sp³-hybridized carbons (Fsp3) is 0.571. The van der Waals surface area contributed by atoms with E-state index in [0.717, 1.165) is 42.0 Å². The van der Waals surface area contributed by atoms with Crippen molar-refractivity contribution in [3.63, 3.8) is 0 Å². The maximum atomic E-state index is 5.60. The van der Waals surface area contributed by atoms with Crippen molar-refractivity contribution in [1.29, 1.82) is 0 Å². The SMILES string of the molecule is CCNc1nc(NC2CC(OCC)C2)c2ccsc2n1. The molecule has 20 heavy (non-hydrogen) atoms. The van der Waals surface area contributed by atoms with Crippen LogP contribution in [0.1, 0.15) is 26.7 Å². The number of anilines is 2. The second kappa shape index (κ2) is 5.93. The van der Waals surface area contributed by atoms with Crippen molar-refractivity contribution in [2.75, 3.05) is 23.8 Å². The summed E-state index contributed by atoms with van der Waals surface area (Å²) in [6.07, 6.45) is 2.52. The van der Waals surface area contributed by atoms with Crippen LogP contribution in [0.3, 0.4) is 0 Å². The summed E-state index contributed by atoms with van der Waals surface area (Å²) in [7, 11) is 0. The molecule has 0 aromatic carbocycles. The molecule has 2 N–H and O–H groups in total. The van der Waals surface area contributed by atoms with Crippen molar-refractivity contribution in [3.05, 3.63) is 11.4 Å². The Kier molecular flexibility index (Phi) is 4.03. The number of thiophene rings is 1. The van der Waals surface area contributed by atoms with Crippen molar-refractivity contribution >= 4 is 33.3 Å². The van der Waals surface area contributed by atoms with Gasteiger partial charge in [-0.2, -0.15) is 4.98 Å². The summed E-state index contributed by atoms with van der Waals surface area (Å²) in [4.78, 5) is 10.1. The lowest BCUT2D eigenvalue weighted by atomic mass is 9.89. The van der Waals surface area contributed by atoms with E-state index < -0.39 is 0 Å². The molecule has 0 bridgehead atoms. The van der Waals surface area contributed by atoms with Gasteiger partial charge in [0.1, 0.15) is 10.6 Å². The Hall–Kier alpha value is -1.40. The molecule has 2 aromatic rings. The highest BCUT2D eigenvalue weighted by Gasteiger charge is 2.30. The molecule has 0 spiro atoms. The van der Waals surface area contributed by atoms with Gasteiger partial charge in [-0.05, 0) is 38.1 Å². The van der Waals surface area contributed by atoms with Crippen LogP contribution in [-0.4, -0.2) is 35.3 Å². The van der Waals surface area contributed by atoms with Gasteiger partial charge >= 0.3 is 0 Å². The molecule has 2 aromatic heterocycles. The summed E-state index contributed by atoms with van der Waals surface area (Å²) in [6.45, 7) is 5.72. The molecule has 0 radical (unpaired) electrons. The highest BCUT2D eigenvalue weighted by Crippen LogP contribution is 2.31. The molecule has 1 fully saturated rings. The van der Waals surface area contributed by atoms with Gasteiger partial charge in [0.2, 0.25) is 5.95 Å². The maximum absolute atomic E-state index is 5.60. The molecule has 0 amide bonds. The van der Waals surface area contributed by atoms with E-state index in [0.29, 0.717) is 18.1 Å². The van der Waals surface area contributed by atoms with Gasteiger partial charge in [-0.1, -0.05) is 0 Å². The quantitative estimate of drug-likeness (QED) is 0.856. The van der Waals surface area contributed by atoms with Crippen LogP contribution in [0.15, 0.2) is 11.4 Å². The highest BCUT2D eigenvalue weighted by molar-refractivity contribution is 7.16. The number of fused-ring (bicyclic) bond motifs is 1. The summed E-state index contributed by atoms with van der Waals surface area (Å²) in [5, 5.41) is 9.89. The normalized spacial score (nSPS) is 21.7. The average molecular weight is 292 g/mol. The molecular formula is C14H20N4OS. The van der Waals surface area contributed by atoms with E-state index in [-0.39, 0.29) is 0 Å². The van der Waals surface area contributed by atoms with E-state index in [9.17, 15) is 0 Å². The van der Waals surface area contributed by atoms with Gasteiger partial charge in [0.25, 0.3) is 0 Å². The Labute approximate surface area is 122 Å². The first-order valence-corrected chi connectivity index (χ1v) is 8.05. The molecule has 0 saturated heterocycles. The smallest absolute Gasteiger partial charge is 0.226 e. The molecule has 3 rings (SSSR count). The Morgan fingerprint density at radius 2 is 2.20 bits per heavy atom. The predicted octanol–water partition coefficient (Wildman–Crippen LogP) is 3.10. The second-order valence-electron chi connectivity index (χ2n) is 4.96. The van der Waals surface area contributed by atoms with Gasteiger partial charge in [0.15, 0.2) is 0 Å². The van der Waals surface area contributed by atoms with Crippen LogP contribution >= 0.6 is 11.3 Å². The number of hydrogen-bond acceptors (Lipinski definition) is 6. The van der Waals surface area contributed by atoms with Gasteiger partial charge in [-0.25, -0.2) is 4.98 Å². The van der Waals surface area contributed by atoms with Crippen LogP contribution in [0, 0.1) is 0 Å². The van der Waals surface area contributed by atoms with E-state index >= 15 is 0 Å². The van der Waals surface area contributed by atoms with Crippen molar-refractivity contribution in [1.82, 2.24) is 9.97 Å². The van der Waals surface area contributed by atoms with Gasteiger partial charge in [0.05, 0.1) is 11.5 Å². The van der Waals surface area contributed by atoms with Crippen LogP contribution in [0.25, 0.3) is 10.2 Å². The molecule has 0 atom stereocenters. The molecule has 1 saturated carbocycles. The monoisotopic (exact) mass is 292 g/mol. The van der Waals surface area contributed by atoms with Gasteiger partial charge in [-0.3, -0.25) is 0 Å². The largest absolute Gasteiger partial charge is 0.378 e. The molecule has 0 aliphatic heterocycles.